The van der Waals surface area contributed by atoms with Crippen molar-refractivity contribution in [2.45, 2.75) is 39.5 Å². The van der Waals surface area contributed by atoms with Gasteiger partial charge in [-0.25, -0.2) is 0 Å². The van der Waals surface area contributed by atoms with Gasteiger partial charge in [0, 0.05) is 50.6 Å². The predicted octanol–water partition coefficient (Wildman–Crippen LogP) is 4.89. The van der Waals surface area contributed by atoms with E-state index in [-0.39, 0.29) is 0 Å². The molecule has 29 heavy (non-hydrogen) atoms. The van der Waals surface area contributed by atoms with Gasteiger partial charge in [0.2, 0.25) is 0 Å². The summed E-state index contributed by atoms with van der Waals surface area (Å²) in [6.45, 7) is 15.9. The third kappa shape index (κ3) is 5.17. The molecule has 1 N–H and O–H groups in total. The molecule has 158 valence electrons. The number of allylic oxidation sites excluding steroid dienone is 3. The zero-order valence-electron chi connectivity index (χ0n) is 18.3. The van der Waals surface area contributed by atoms with Crippen LogP contribution in [0.3, 0.4) is 0 Å². The fourth-order valence-electron chi connectivity index (χ4n) is 4.28. The Morgan fingerprint density at radius 2 is 2.17 bits per heavy atom. The van der Waals surface area contributed by atoms with Crippen LogP contribution in [0.2, 0.25) is 0 Å². The third-order valence-electron chi connectivity index (χ3n) is 5.88. The summed E-state index contributed by atoms with van der Waals surface area (Å²) in [5.41, 5.74) is 6.57. The second-order valence-electron chi connectivity index (χ2n) is 7.94. The zero-order chi connectivity index (χ0) is 21.0. The Balaban J connectivity index is 1.68. The minimum absolute atomic E-state index is 0.596. The number of hydrogen-bond donors (Lipinski definition) is 1. The molecule has 3 rings (SSSR count). The Bertz CT molecular complexity index is 836. The smallest absolute Gasteiger partial charge is 0.0714 e. The van der Waals surface area contributed by atoms with Gasteiger partial charge in [-0.05, 0) is 49.3 Å². The first-order valence-corrected chi connectivity index (χ1v) is 11.2. The molecule has 1 aromatic heterocycles. The van der Waals surface area contributed by atoms with Crippen LogP contribution in [0.1, 0.15) is 45.1 Å². The maximum atomic E-state index is 5.31. The number of ether oxygens (including phenoxy) is 1. The zero-order valence-corrected chi connectivity index (χ0v) is 19.1. The lowest BCUT2D eigenvalue weighted by atomic mass is 9.86. The molecule has 0 radical (unpaired) electrons. The van der Waals surface area contributed by atoms with E-state index < -0.39 is 0 Å². The van der Waals surface area contributed by atoms with Crippen molar-refractivity contribution in [3.63, 3.8) is 0 Å². The molecule has 6 heteroatoms. The van der Waals surface area contributed by atoms with Crippen LogP contribution in [-0.4, -0.2) is 41.5 Å². The minimum atomic E-state index is 0.596. The van der Waals surface area contributed by atoms with Crippen LogP contribution in [0.5, 0.6) is 0 Å². The van der Waals surface area contributed by atoms with Gasteiger partial charge in [0.15, 0.2) is 0 Å². The van der Waals surface area contributed by atoms with Crippen LogP contribution in [0, 0.1) is 5.92 Å². The largest absolute Gasteiger partial charge is 0.384 e. The molecule has 1 aliphatic heterocycles. The minimum Gasteiger partial charge on any atom is -0.384 e. The topological polar surface area (TPSA) is 42.3 Å². The number of likely N-dealkylation sites (tertiary alicyclic amines) is 1. The second-order valence-corrected chi connectivity index (χ2v) is 9.11. The lowest BCUT2D eigenvalue weighted by Crippen LogP contribution is -2.21. The molecule has 1 atom stereocenters. The molecule has 1 aliphatic carbocycles. The van der Waals surface area contributed by atoms with Crippen molar-refractivity contribution in [1.29, 1.82) is 0 Å². The normalized spacial score (nSPS) is 19.9. The molecule has 1 aromatic rings. The Kier molecular flexibility index (Phi) is 7.30. The molecular formula is C23H34N4OS. The Morgan fingerprint density at radius 1 is 1.38 bits per heavy atom. The molecule has 1 fully saturated rings. The average molecular weight is 415 g/mol. The number of nitrogens with one attached hydrogen (secondary N) is 1. The molecule has 0 unspecified atom stereocenters. The highest BCUT2D eigenvalue weighted by Gasteiger charge is 2.25. The number of methoxy groups -OCH3 is 1. The molecule has 0 bridgehead atoms. The maximum Gasteiger partial charge on any atom is 0.0714 e. The summed E-state index contributed by atoms with van der Waals surface area (Å²) in [4.78, 5) is 2.35. The van der Waals surface area contributed by atoms with E-state index in [1.807, 2.05) is 17.9 Å². The van der Waals surface area contributed by atoms with Crippen molar-refractivity contribution >= 4 is 17.3 Å². The van der Waals surface area contributed by atoms with Gasteiger partial charge in [0.1, 0.15) is 0 Å². The number of rotatable bonds is 9. The van der Waals surface area contributed by atoms with Crippen molar-refractivity contribution in [3.8, 4) is 0 Å². The summed E-state index contributed by atoms with van der Waals surface area (Å²) in [5, 5.41) is 9.96. The summed E-state index contributed by atoms with van der Waals surface area (Å²) in [5.74, 6) is 0.596. The van der Waals surface area contributed by atoms with Gasteiger partial charge in [-0.3, -0.25) is 4.68 Å². The quantitative estimate of drug-likeness (QED) is 0.623. The van der Waals surface area contributed by atoms with E-state index in [0.717, 1.165) is 55.4 Å². The van der Waals surface area contributed by atoms with Crippen LogP contribution >= 0.6 is 11.8 Å². The highest BCUT2D eigenvalue weighted by molar-refractivity contribution is 8.06. The summed E-state index contributed by atoms with van der Waals surface area (Å²) in [7, 11) is 3.74. The van der Waals surface area contributed by atoms with Crippen molar-refractivity contribution in [1.82, 2.24) is 20.0 Å². The number of thioether (sulfide) groups is 1. The standard InChI is InChI=1S/C23H34N4OS/c1-7-20-8-9-22(21-12-24-26(5)14-21)16(2)23(20)25-17(3)29-18(4)27-11-10-19(13-27)15-28-6/h12,14,19,25H,3-4,7-11,13,15H2,1-2,5-6H3/t19-/m1/s1. The summed E-state index contributed by atoms with van der Waals surface area (Å²) in [6.07, 6.45) is 8.40. The highest BCUT2D eigenvalue weighted by atomic mass is 32.2. The van der Waals surface area contributed by atoms with E-state index in [9.17, 15) is 0 Å². The molecule has 2 heterocycles. The van der Waals surface area contributed by atoms with Crippen molar-refractivity contribution < 1.29 is 4.74 Å². The molecule has 2 aliphatic rings. The van der Waals surface area contributed by atoms with Gasteiger partial charge in [0.05, 0.1) is 22.9 Å². The van der Waals surface area contributed by atoms with E-state index >= 15 is 0 Å². The van der Waals surface area contributed by atoms with E-state index in [4.69, 9.17) is 4.74 Å². The van der Waals surface area contributed by atoms with Gasteiger partial charge in [-0.2, -0.15) is 5.10 Å². The number of nitrogens with zero attached hydrogens (tertiary/aromatic N) is 3. The number of aromatic nitrogens is 2. The third-order valence-corrected chi connectivity index (χ3v) is 6.73. The van der Waals surface area contributed by atoms with Crippen LogP contribution in [0.4, 0.5) is 0 Å². The van der Waals surface area contributed by atoms with E-state index in [0.29, 0.717) is 5.92 Å². The van der Waals surface area contributed by atoms with E-state index in [1.165, 1.54) is 28.0 Å². The molecular weight excluding hydrogens is 380 g/mol. The first-order valence-electron chi connectivity index (χ1n) is 10.4. The SMILES string of the molecule is C=C(NC1=C(CC)CCC(c2cnn(C)c2)=C1C)SC(=C)N1CC[C@@H](COC)C1. The molecule has 5 nitrogen and oxygen atoms in total. The summed E-state index contributed by atoms with van der Waals surface area (Å²) >= 11 is 1.64. The maximum absolute atomic E-state index is 5.31. The molecule has 0 spiro atoms. The molecule has 0 amide bonds. The van der Waals surface area contributed by atoms with Crippen molar-refractivity contribution in [2.24, 2.45) is 13.0 Å². The van der Waals surface area contributed by atoms with Gasteiger partial charge >= 0.3 is 0 Å². The highest BCUT2D eigenvalue weighted by Crippen LogP contribution is 2.37. The fraction of sp³-hybridized carbons (Fsp3) is 0.522. The van der Waals surface area contributed by atoms with Gasteiger partial charge in [0.25, 0.3) is 0 Å². The summed E-state index contributed by atoms with van der Waals surface area (Å²) < 4.78 is 7.18. The molecule has 1 saturated heterocycles. The Labute approximate surface area is 179 Å². The predicted molar refractivity (Wildman–Crippen MR) is 123 cm³/mol. The molecule has 0 aromatic carbocycles. The van der Waals surface area contributed by atoms with E-state index in [1.54, 1.807) is 18.9 Å². The van der Waals surface area contributed by atoms with E-state index in [2.05, 4.69) is 48.5 Å². The van der Waals surface area contributed by atoms with Crippen LogP contribution in [0.25, 0.3) is 5.57 Å². The van der Waals surface area contributed by atoms with Gasteiger partial charge < -0.3 is 15.0 Å². The first-order chi connectivity index (χ1) is 13.9. The lowest BCUT2D eigenvalue weighted by Gasteiger charge is -2.27. The fourth-order valence-corrected chi connectivity index (χ4v) is 5.01. The van der Waals surface area contributed by atoms with Gasteiger partial charge in [-0.15, -0.1) is 0 Å². The van der Waals surface area contributed by atoms with Crippen LogP contribution in [0.15, 0.2) is 52.5 Å². The van der Waals surface area contributed by atoms with Crippen LogP contribution < -0.4 is 5.32 Å². The van der Waals surface area contributed by atoms with Crippen LogP contribution in [-0.2, 0) is 11.8 Å². The lowest BCUT2D eigenvalue weighted by molar-refractivity contribution is 0.156. The Morgan fingerprint density at radius 3 is 2.83 bits per heavy atom. The first kappa shape index (κ1) is 21.8. The van der Waals surface area contributed by atoms with Crippen molar-refractivity contribution in [2.75, 3.05) is 26.8 Å². The van der Waals surface area contributed by atoms with Crippen molar-refractivity contribution in [3.05, 3.63) is 58.0 Å². The average Bonchev–Trinajstić information content (AvgIpc) is 3.33. The second kappa shape index (κ2) is 9.72. The Hall–Kier alpha value is -1.92. The summed E-state index contributed by atoms with van der Waals surface area (Å²) in [6, 6.07) is 0. The number of aryl methyl sites for hydroxylation is 1. The molecule has 0 saturated carbocycles. The number of hydrogen-bond acceptors (Lipinski definition) is 5. The van der Waals surface area contributed by atoms with Gasteiger partial charge in [-0.1, -0.05) is 31.8 Å². The monoisotopic (exact) mass is 414 g/mol.